The number of amides is 1. The highest BCUT2D eigenvalue weighted by atomic mass is 19.1. The average Bonchev–Trinajstić information content (AvgIpc) is 3.21. The number of carbonyl (C=O) groups excluding carboxylic acids is 1. The lowest BCUT2D eigenvalue weighted by Crippen LogP contribution is -2.56. The van der Waals surface area contributed by atoms with Gasteiger partial charge in [0.2, 0.25) is 5.91 Å². The predicted molar refractivity (Wildman–Crippen MR) is 121 cm³/mol. The van der Waals surface area contributed by atoms with Crippen molar-refractivity contribution in [3.8, 4) is 0 Å². The van der Waals surface area contributed by atoms with Crippen LogP contribution >= 0.6 is 0 Å². The molecule has 2 saturated heterocycles. The van der Waals surface area contributed by atoms with E-state index in [1.54, 1.807) is 0 Å². The van der Waals surface area contributed by atoms with Crippen LogP contribution in [-0.4, -0.2) is 60.5 Å². The molecule has 1 aromatic rings. The van der Waals surface area contributed by atoms with Crippen LogP contribution in [0.4, 0.5) is 10.1 Å². The van der Waals surface area contributed by atoms with Crippen LogP contribution in [0, 0.1) is 0 Å². The maximum absolute atomic E-state index is 13.6. The van der Waals surface area contributed by atoms with Crippen LogP contribution in [0.2, 0.25) is 0 Å². The first-order valence-corrected chi connectivity index (χ1v) is 11.6. The molecule has 0 spiro atoms. The second kappa shape index (κ2) is 6.78. The van der Waals surface area contributed by atoms with E-state index in [0.717, 1.165) is 36.1 Å². The molecule has 0 unspecified atom stereocenters. The van der Waals surface area contributed by atoms with Crippen molar-refractivity contribution in [1.82, 2.24) is 4.90 Å². The first-order chi connectivity index (χ1) is 14.4. The van der Waals surface area contributed by atoms with Gasteiger partial charge in [-0.1, -0.05) is 12.1 Å². The number of benzene rings is 1. The van der Waals surface area contributed by atoms with Crippen LogP contribution in [0.5, 0.6) is 0 Å². The molecule has 3 fully saturated rings. The van der Waals surface area contributed by atoms with Gasteiger partial charge in [-0.15, -0.1) is 0 Å². The third kappa shape index (κ3) is 3.18. The summed E-state index contributed by atoms with van der Waals surface area (Å²) in [6, 6.07) is 6.75. The Hall–Kier alpha value is -1.44. The lowest BCUT2D eigenvalue weighted by atomic mass is 9.76. The van der Waals surface area contributed by atoms with Gasteiger partial charge in [0.15, 0.2) is 0 Å². The number of halogens is 1. The zero-order chi connectivity index (χ0) is 22.3. The van der Waals surface area contributed by atoms with Gasteiger partial charge in [0.05, 0.1) is 16.6 Å². The van der Waals surface area contributed by atoms with E-state index >= 15 is 0 Å². The molecule has 31 heavy (non-hydrogen) atoms. The van der Waals surface area contributed by atoms with Gasteiger partial charge in [0.1, 0.15) is 6.17 Å². The number of fused-ring (bicyclic) bond motifs is 1. The van der Waals surface area contributed by atoms with E-state index in [-0.39, 0.29) is 11.9 Å². The van der Waals surface area contributed by atoms with Crippen LogP contribution < -0.4 is 10.4 Å². The number of nitrogens with zero attached hydrogens (tertiary/aromatic N) is 2. The summed E-state index contributed by atoms with van der Waals surface area (Å²) in [5, 5.41) is 0. The quantitative estimate of drug-likeness (QED) is 0.694. The average molecular weight is 428 g/mol. The summed E-state index contributed by atoms with van der Waals surface area (Å²) in [7, 11) is -0.448. The molecule has 0 bridgehead atoms. The van der Waals surface area contributed by atoms with E-state index in [9.17, 15) is 9.18 Å². The van der Waals surface area contributed by atoms with Gasteiger partial charge in [-0.05, 0) is 77.9 Å². The molecule has 5 rings (SSSR count). The van der Waals surface area contributed by atoms with E-state index in [2.05, 4.69) is 17.0 Å². The van der Waals surface area contributed by atoms with Gasteiger partial charge in [-0.2, -0.15) is 0 Å². The summed E-state index contributed by atoms with van der Waals surface area (Å²) < 4.78 is 26.1. The summed E-state index contributed by atoms with van der Waals surface area (Å²) >= 11 is 0. The lowest BCUT2D eigenvalue weighted by molar-refractivity contribution is -0.123. The highest BCUT2D eigenvalue weighted by Crippen LogP contribution is 2.46. The third-order valence-corrected chi connectivity index (χ3v) is 8.37. The first-order valence-electron chi connectivity index (χ1n) is 11.6. The van der Waals surface area contributed by atoms with Gasteiger partial charge < -0.3 is 14.2 Å². The third-order valence-electron chi connectivity index (χ3n) is 8.37. The van der Waals surface area contributed by atoms with Crippen molar-refractivity contribution < 1.29 is 18.5 Å². The van der Waals surface area contributed by atoms with Crippen LogP contribution in [0.3, 0.4) is 0 Å². The normalized spacial score (nSPS) is 33.6. The highest BCUT2D eigenvalue weighted by Gasteiger charge is 2.54. The molecular weight excluding hydrogens is 394 g/mol. The fourth-order valence-corrected chi connectivity index (χ4v) is 5.43. The summed E-state index contributed by atoms with van der Waals surface area (Å²) in [5.74, 6) is 0.154. The Balaban J connectivity index is 1.40. The van der Waals surface area contributed by atoms with Gasteiger partial charge >= 0.3 is 7.12 Å². The van der Waals surface area contributed by atoms with Crippen molar-refractivity contribution in [2.75, 3.05) is 18.0 Å². The summed E-state index contributed by atoms with van der Waals surface area (Å²) in [6.07, 6.45) is 1.76. The minimum atomic E-state index is -0.699. The van der Waals surface area contributed by atoms with E-state index in [1.165, 1.54) is 0 Å². The zero-order valence-electron chi connectivity index (χ0n) is 19.6. The molecule has 1 atom stereocenters. The monoisotopic (exact) mass is 428 g/mol. The molecule has 7 heteroatoms. The number of hydrogen-bond acceptors (Lipinski definition) is 4. The molecule has 168 valence electrons. The Bertz CT molecular complexity index is 896. The number of rotatable bonds is 3. The number of anilines is 1. The molecular formula is C24H34BFN2O3. The number of carbonyl (C=O) groups is 1. The van der Waals surface area contributed by atoms with Crippen molar-refractivity contribution in [2.24, 2.45) is 0 Å². The highest BCUT2D eigenvalue weighted by molar-refractivity contribution is 6.62. The molecule has 1 aromatic carbocycles. The van der Waals surface area contributed by atoms with E-state index in [4.69, 9.17) is 9.31 Å². The SMILES string of the molecule is CC1(C)C(=O)N([C@H]2C[C@@H](N3CC[C@@H](F)C3)C2)c2cc(B3OC(C)(C)C(C)(C)O3)ccc21. The second-order valence-corrected chi connectivity index (χ2v) is 11.3. The molecule has 0 N–H and O–H groups in total. The number of alkyl halides is 1. The largest absolute Gasteiger partial charge is 0.494 e. The summed E-state index contributed by atoms with van der Waals surface area (Å²) in [6.45, 7) is 13.6. The van der Waals surface area contributed by atoms with Crippen molar-refractivity contribution >= 4 is 24.2 Å². The molecule has 1 aliphatic carbocycles. The van der Waals surface area contributed by atoms with Crippen LogP contribution in [0.25, 0.3) is 0 Å². The molecule has 3 heterocycles. The Morgan fingerprint density at radius 1 is 1.03 bits per heavy atom. The van der Waals surface area contributed by atoms with Crippen LogP contribution in [-0.2, 0) is 19.5 Å². The standard InChI is InChI=1S/C24H34BFN2O3/c1-22(2)19-8-7-15(25-30-23(3,4)24(5,6)31-25)11-20(19)28(21(22)29)18-12-17(13-18)27-10-9-16(26)14-27/h7-8,11,16-18H,9-10,12-14H2,1-6H3/t16-,17-,18+/m1/s1. The molecule has 5 nitrogen and oxygen atoms in total. The first kappa shape index (κ1) is 21.4. The Morgan fingerprint density at radius 3 is 2.26 bits per heavy atom. The number of hydrogen-bond donors (Lipinski definition) is 0. The lowest BCUT2D eigenvalue weighted by Gasteiger charge is -2.45. The minimum Gasteiger partial charge on any atom is -0.399 e. The smallest absolute Gasteiger partial charge is 0.399 e. The maximum atomic E-state index is 13.6. The molecule has 0 aromatic heterocycles. The van der Waals surface area contributed by atoms with Gasteiger partial charge in [-0.25, -0.2) is 4.39 Å². The zero-order valence-corrected chi connectivity index (χ0v) is 19.6. The molecule has 3 aliphatic heterocycles. The molecule has 0 radical (unpaired) electrons. The fourth-order valence-electron chi connectivity index (χ4n) is 5.43. The molecule has 1 saturated carbocycles. The Morgan fingerprint density at radius 2 is 1.68 bits per heavy atom. The van der Waals surface area contributed by atoms with E-state index in [1.807, 2.05) is 52.5 Å². The summed E-state index contributed by atoms with van der Waals surface area (Å²) in [5.41, 5.74) is 1.63. The second-order valence-electron chi connectivity index (χ2n) is 11.3. The van der Waals surface area contributed by atoms with Gasteiger partial charge in [-0.3, -0.25) is 9.69 Å². The van der Waals surface area contributed by atoms with Gasteiger partial charge in [0, 0.05) is 30.9 Å². The summed E-state index contributed by atoms with van der Waals surface area (Å²) in [4.78, 5) is 17.7. The molecule has 1 amide bonds. The van der Waals surface area contributed by atoms with Crippen molar-refractivity contribution in [3.63, 3.8) is 0 Å². The van der Waals surface area contributed by atoms with Crippen molar-refractivity contribution in [2.45, 2.75) is 95.7 Å². The Kier molecular flexibility index (Phi) is 4.69. The van der Waals surface area contributed by atoms with Crippen molar-refractivity contribution in [1.29, 1.82) is 0 Å². The van der Waals surface area contributed by atoms with Crippen LogP contribution in [0.15, 0.2) is 18.2 Å². The van der Waals surface area contributed by atoms with Crippen LogP contribution in [0.1, 0.15) is 66.4 Å². The number of likely N-dealkylation sites (tertiary alicyclic amines) is 1. The Labute approximate surface area is 185 Å². The minimum absolute atomic E-state index is 0.154. The van der Waals surface area contributed by atoms with E-state index in [0.29, 0.717) is 19.0 Å². The van der Waals surface area contributed by atoms with Crippen molar-refractivity contribution in [3.05, 3.63) is 23.8 Å². The predicted octanol–water partition coefficient (Wildman–Crippen LogP) is 3.18. The molecule has 4 aliphatic rings. The van der Waals surface area contributed by atoms with Gasteiger partial charge in [0.25, 0.3) is 0 Å². The maximum Gasteiger partial charge on any atom is 0.494 e. The van der Waals surface area contributed by atoms with E-state index < -0.39 is 29.9 Å². The fraction of sp³-hybridized carbons (Fsp3) is 0.708. The topological polar surface area (TPSA) is 42.0 Å².